The second-order valence-electron chi connectivity index (χ2n) is 1.09. The zero-order chi connectivity index (χ0) is 5.86. The maximum absolute atomic E-state index is 9.81. The molecule has 0 bridgehead atoms. The van der Waals surface area contributed by atoms with Crippen LogP contribution in [0, 0.1) is 71.2 Å². The van der Waals surface area contributed by atoms with Crippen molar-refractivity contribution in [3.63, 3.8) is 0 Å². The minimum Gasteiger partial charge on any atom is -0.394 e. The quantitative estimate of drug-likeness (QED) is 0.443. The Bertz CT molecular complexity index is 90.0. The van der Waals surface area contributed by atoms with E-state index in [-0.39, 0.29) is 71.2 Å². The predicted molar refractivity (Wildman–Crippen MR) is 22.4 cm³/mol. The molecule has 0 aromatic rings. The molecule has 0 spiro atoms. The third kappa shape index (κ3) is 17.7. The van der Waals surface area contributed by atoms with Gasteiger partial charge in [-0.2, -0.15) is 0 Å². The van der Waals surface area contributed by atoms with Gasteiger partial charge in [0.2, 0.25) is 0 Å². The molecule has 0 saturated carbocycles. The van der Waals surface area contributed by atoms with Gasteiger partial charge in [0, 0.05) is 85.0 Å². The molecule has 0 N–H and O–H groups in total. The molecular weight excluding hydrogens is 374 g/mol. The Morgan fingerprint density at radius 2 is 1.22 bits per heavy atom. The van der Waals surface area contributed by atoms with Crippen molar-refractivity contribution < 1.29 is 85.5 Å². The molecule has 9 heavy (non-hydrogen) atoms. The van der Waals surface area contributed by atoms with Crippen molar-refractivity contribution in [2.75, 3.05) is 0 Å². The summed E-state index contributed by atoms with van der Waals surface area (Å²) in [4.78, 5) is 19.6. The largest absolute Gasteiger partial charge is 0.394 e. The first-order valence-corrected chi connectivity index (χ1v) is 1.82. The minimum atomic E-state index is -0.562. The van der Waals surface area contributed by atoms with Crippen LogP contribution in [0.5, 0.6) is 0 Å². The van der Waals surface area contributed by atoms with Crippen LogP contribution in [-0.2, 0) is 14.3 Å². The van der Waals surface area contributed by atoms with Crippen LogP contribution in [0.15, 0.2) is 0 Å². The number of esters is 2. The summed E-state index contributed by atoms with van der Waals surface area (Å²) in [6.07, 6.45) is 0. The van der Waals surface area contributed by atoms with Crippen molar-refractivity contribution in [1.29, 1.82) is 0 Å². The number of carbonyl (C=O) groups is 2. The van der Waals surface area contributed by atoms with Gasteiger partial charge >= 0.3 is 11.9 Å². The SMILES string of the molecule is CC(=O)OC(C)=O.[La].[La]. The van der Waals surface area contributed by atoms with Crippen LogP contribution >= 0.6 is 0 Å². The van der Waals surface area contributed by atoms with Crippen LogP contribution in [0.1, 0.15) is 13.8 Å². The van der Waals surface area contributed by atoms with Crippen LogP contribution in [-0.4, -0.2) is 11.9 Å². The summed E-state index contributed by atoms with van der Waals surface area (Å²) in [6.45, 7) is 2.36. The van der Waals surface area contributed by atoms with E-state index in [0.29, 0.717) is 0 Å². The minimum absolute atomic E-state index is 0. The maximum Gasteiger partial charge on any atom is 0.310 e. The van der Waals surface area contributed by atoms with Gasteiger partial charge in [0.05, 0.1) is 0 Å². The van der Waals surface area contributed by atoms with E-state index >= 15 is 0 Å². The standard InChI is InChI=1S/C4H6O3.2La/c1-3(5)7-4(2)6;;/h1-2H3;;. The van der Waals surface area contributed by atoms with Crippen molar-refractivity contribution >= 4 is 11.9 Å². The maximum atomic E-state index is 9.81. The van der Waals surface area contributed by atoms with Crippen LogP contribution in [0.4, 0.5) is 0 Å². The van der Waals surface area contributed by atoms with E-state index in [1.807, 2.05) is 0 Å². The van der Waals surface area contributed by atoms with Crippen molar-refractivity contribution in [1.82, 2.24) is 0 Å². The first-order valence-electron chi connectivity index (χ1n) is 1.82. The monoisotopic (exact) mass is 380 g/mol. The van der Waals surface area contributed by atoms with Crippen LogP contribution < -0.4 is 0 Å². The van der Waals surface area contributed by atoms with Crippen molar-refractivity contribution in [3.8, 4) is 0 Å². The van der Waals surface area contributed by atoms with E-state index in [1.165, 1.54) is 13.8 Å². The molecule has 5 heteroatoms. The molecule has 0 aliphatic carbocycles. The number of hydrogen-bond acceptors (Lipinski definition) is 3. The number of hydrogen-bond donors (Lipinski definition) is 0. The van der Waals surface area contributed by atoms with E-state index in [2.05, 4.69) is 4.74 Å². The Morgan fingerprint density at radius 3 is 1.22 bits per heavy atom. The van der Waals surface area contributed by atoms with Crippen molar-refractivity contribution in [2.45, 2.75) is 13.8 Å². The second kappa shape index (κ2) is 9.53. The van der Waals surface area contributed by atoms with Gasteiger partial charge in [-0.05, 0) is 0 Å². The molecule has 0 rings (SSSR count). The topological polar surface area (TPSA) is 43.4 Å². The van der Waals surface area contributed by atoms with E-state index < -0.39 is 11.9 Å². The molecule has 46 valence electrons. The summed E-state index contributed by atoms with van der Waals surface area (Å²) in [5, 5.41) is 0. The van der Waals surface area contributed by atoms with E-state index in [4.69, 9.17) is 0 Å². The third-order valence-corrected chi connectivity index (χ3v) is 0.287. The zero-order valence-electron chi connectivity index (χ0n) is 5.38. The average Bonchev–Trinajstić information content (AvgIpc) is 1.27. The van der Waals surface area contributed by atoms with Gasteiger partial charge in [0.25, 0.3) is 0 Å². The molecule has 0 heterocycles. The van der Waals surface area contributed by atoms with Gasteiger partial charge in [0.1, 0.15) is 0 Å². The van der Waals surface area contributed by atoms with Gasteiger partial charge in [-0.15, -0.1) is 0 Å². The summed E-state index contributed by atoms with van der Waals surface area (Å²) in [5.74, 6) is -1.12. The Morgan fingerprint density at radius 1 is 1.00 bits per heavy atom. The summed E-state index contributed by atoms with van der Waals surface area (Å²) in [7, 11) is 0. The molecule has 0 aromatic heterocycles. The fraction of sp³-hybridized carbons (Fsp3) is 0.500. The molecule has 0 atom stereocenters. The Hall–Kier alpha value is 1.53. The summed E-state index contributed by atoms with van der Waals surface area (Å²) >= 11 is 0. The Kier molecular flexibility index (Phi) is 17.9. The van der Waals surface area contributed by atoms with Crippen LogP contribution in [0.25, 0.3) is 0 Å². The zero-order valence-corrected chi connectivity index (χ0v) is 12.6. The molecule has 0 aliphatic rings. The van der Waals surface area contributed by atoms with E-state index in [1.54, 1.807) is 0 Å². The van der Waals surface area contributed by atoms with Gasteiger partial charge in [-0.1, -0.05) is 0 Å². The molecular formula is C4H6La2O3. The first kappa shape index (κ1) is 16.9. The number of rotatable bonds is 0. The van der Waals surface area contributed by atoms with Gasteiger partial charge in [-0.3, -0.25) is 9.59 Å². The predicted octanol–water partition coefficient (Wildman–Crippen LogP) is 0.0960. The van der Waals surface area contributed by atoms with Gasteiger partial charge in [-0.25, -0.2) is 0 Å². The van der Waals surface area contributed by atoms with Crippen LogP contribution in [0.2, 0.25) is 0 Å². The summed E-state index contributed by atoms with van der Waals surface area (Å²) in [5.41, 5.74) is 0. The second-order valence-corrected chi connectivity index (χ2v) is 1.09. The fourth-order valence-electron chi connectivity index (χ4n) is 0.202. The fourth-order valence-corrected chi connectivity index (χ4v) is 0.202. The first-order chi connectivity index (χ1) is 3.13. The smallest absolute Gasteiger partial charge is 0.310 e. The Labute approximate surface area is 109 Å². The summed E-state index contributed by atoms with van der Waals surface area (Å²) < 4.78 is 3.97. The van der Waals surface area contributed by atoms with E-state index in [9.17, 15) is 9.59 Å². The van der Waals surface area contributed by atoms with Crippen molar-refractivity contribution in [2.24, 2.45) is 0 Å². The molecule has 0 aliphatic heterocycles. The number of ether oxygens (including phenoxy) is 1. The molecule has 0 fully saturated rings. The Balaban J connectivity index is -0.000000180. The molecule has 0 saturated heterocycles. The third-order valence-electron chi connectivity index (χ3n) is 0.287. The molecule has 3 nitrogen and oxygen atoms in total. The number of carbonyl (C=O) groups excluding carboxylic acids is 2. The summed E-state index contributed by atoms with van der Waals surface area (Å²) in [6, 6.07) is 0. The average molecular weight is 380 g/mol. The normalized spacial score (nSPS) is 6.00. The van der Waals surface area contributed by atoms with Gasteiger partial charge in [0.15, 0.2) is 0 Å². The molecule has 2 radical (unpaired) electrons. The molecule has 0 aromatic carbocycles. The molecule has 0 unspecified atom stereocenters. The van der Waals surface area contributed by atoms with E-state index in [0.717, 1.165) is 0 Å². The molecule has 0 amide bonds. The van der Waals surface area contributed by atoms with Crippen molar-refractivity contribution in [3.05, 3.63) is 0 Å². The van der Waals surface area contributed by atoms with Gasteiger partial charge < -0.3 is 4.74 Å². The van der Waals surface area contributed by atoms with Crippen LogP contribution in [0.3, 0.4) is 0 Å².